The van der Waals surface area contributed by atoms with Crippen molar-refractivity contribution >= 4 is 5.82 Å². The first-order valence-corrected chi connectivity index (χ1v) is 5.83. The molecule has 2 heterocycles. The van der Waals surface area contributed by atoms with Crippen molar-refractivity contribution in [2.24, 2.45) is 7.05 Å². The molecule has 17 heavy (non-hydrogen) atoms. The SMILES string of the molecule is CNc1cc(C2CC2)nc(-c2ccnn2C)n1. The number of anilines is 1. The topological polar surface area (TPSA) is 55.6 Å². The van der Waals surface area contributed by atoms with Gasteiger partial charge >= 0.3 is 0 Å². The van der Waals surface area contributed by atoms with E-state index in [-0.39, 0.29) is 0 Å². The van der Waals surface area contributed by atoms with Crippen LogP contribution in [0.5, 0.6) is 0 Å². The lowest BCUT2D eigenvalue weighted by Crippen LogP contribution is -2.03. The molecule has 0 saturated heterocycles. The minimum absolute atomic E-state index is 0.622. The number of nitrogens with one attached hydrogen (secondary N) is 1. The predicted octanol–water partition coefficient (Wildman–Crippen LogP) is 1.80. The van der Waals surface area contributed by atoms with Gasteiger partial charge in [0.15, 0.2) is 5.82 Å². The largest absolute Gasteiger partial charge is 0.373 e. The molecule has 0 spiro atoms. The Bertz CT molecular complexity index is 542. The maximum Gasteiger partial charge on any atom is 0.180 e. The molecule has 0 aromatic carbocycles. The summed E-state index contributed by atoms with van der Waals surface area (Å²) in [5.74, 6) is 2.24. The van der Waals surface area contributed by atoms with Crippen LogP contribution in [0.25, 0.3) is 11.5 Å². The fourth-order valence-corrected chi connectivity index (χ4v) is 1.89. The Morgan fingerprint density at radius 1 is 1.35 bits per heavy atom. The second-order valence-corrected chi connectivity index (χ2v) is 4.37. The van der Waals surface area contributed by atoms with Crippen molar-refractivity contribution in [2.45, 2.75) is 18.8 Å². The summed E-state index contributed by atoms with van der Waals surface area (Å²) in [6, 6.07) is 3.98. The van der Waals surface area contributed by atoms with Crippen LogP contribution in [0.1, 0.15) is 24.5 Å². The molecule has 2 aromatic heterocycles. The first-order chi connectivity index (χ1) is 8.28. The molecule has 0 unspecified atom stereocenters. The summed E-state index contributed by atoms with van der Waals surface area (Å²) in [4.78, 5) is 9.12. The third-order valence-corrected chi connectivity index (χ3v) is 3.05. The minimum Gasteiger partial charge on any atom is -0.373 e. The van der Waals surface area contributed by atoms with E-state index in [0.717, 1.165) is 23.0 Å². The van der Waals surface area contributed by atoms with Gasteiger partial charge in [-0.15, -0.1) is 0 Å². The molecule has 0 atom stereocenters. The van der Waals surface area contributed by atoms with Crippen LogP contribution in [0, 0.1) is 0 Å². The molecule has 88 valence electrons. The van der Waals surface area contributed by atoms with Crippen LogP contribution < -0.4 is 5.32 Å². The summed E-state index contributed by atoms with van der Waals surface area (Å²) in [6.45, 7) is 0. The average molecular weight is 229 g/mol. The van der Waals surface area contributed by atoms with E-state index in [1.54, 1.807) is 10.9 Å². The first-order valence-electron chi connectivity index (χ1n) is 5.83. The van der Waals surface area contributed by atoms with Crippen molar-refractivity contribution in [3.05, 3.63) is 24.0 Å². The molecular weight excluding hydrogens is 214 g/mol. The molecule has 1 aliphatic carbocycles. The lowest BCUT2D eigenvalue weighted by Gasteiger charge is -2.07. The number of nitrogens with zero attached hydrogens (tertiary/aromatic N) is 4. The number of hydrogen-bond acceptors (Lipinski definition) is 4. The van der Waals surface area contributed by atoms with Crippen LogP contribution in [0.2, 0.25) is 0 Å². The third kappa shape index (κ3) is 1.88. The van der Waals surface area contributed by atoms with E-state index in [9.17, 15) is 0 Å². The number of aryl methyl sites for hydroxylation is 1. The van der Waals surface area contributed by atoms with Gasteiger partial charge in [0.25, 0.3) is 0 Å². The standard InChI is InChI=1S/C12H15N5/c1-13-11-7-9(8-3-4-8)15-12(16-11)10-5-6-14-17(10)2/h5-8H,3-4H2,1-2H3,(H,13,15,16). The Morgan fingerprint density at radius 3 is 2.76 bits per heavy atom. The van der Waals surface area contributed by atoms with E-state index in [2.05, 4.69) is 20.4 Å². The summed E-state index contributed by atoms with van der Waals surface area (Å²) >= 11 is 0. The first kappa shape index (κ1) is 10.3. The fourth-order valence-electron chi connectivity index (χ4n) is 1.89. The predicted molar refractivity (Wildman–Crippen MR) is 65.8 cm³/mol. The highest BCUT2D eigenvalue weighted by Gasteiger charge is 2.26. The average Bonchev–Trinajstić information content (AvgIpc) is 3.11. The van der Waals surface area contributed by atoms with Gasteiger partial charge in [-0.05, 0) is 18.9 Å². The molecule has 5 nitrogen and oxygen atoms in total. The smallest absolute Gasteiger partial charge is 0.180 e. The molecule has 1 saturated carbocycles. The maximum absolute atomic E-state index is 4.63. The van der Waals surface area contributed by atoms with Crippen LogP contribution in [0.15, 0.2) is 18.3 Å². The highest BCUT2D eigenvalue weighted by atomic mass is 15.3. The molecule has 0 amide bonds. The van der Waals surface area contributed by atoms with Crippen molar-refractivity contribution in [3.63, 3.8) is 0 Å². The Kier molecular flexibility index (Phi) is 2.31. The van der Waals surface area contributed by atoms with E-state index in [0.29, 0.717) is 5.92 Å². The van der Waals surface area contributed by atoms with Gasteiger partial charge in [-0.1, -0.05) is 0 Å². The van der Waals surface area contributed by atoms with Crippen molar-refractivity contribution in [2.75, 3.05) is 12.4 Å². The van der Waals surface area contributed by atoms with Crippen LogP contribution >= 0.6 is 0 Å². The third-order valence-electron chi connectivity index (χ3n) is 3.05. The van der Waals surface area contributed by atoms with Gasteiger partial charge in [0.2, 0.25) is 0 Å². The van der Waals surface area contributed by atoms with Crippen molar-refractivity contribution < 1.29 is 0 Å². The molecule has 0 bridgehead atoms. The molecule has 3 rings (SSSR count). The van der Waals surface area contributed by atoms with Gasteiger partial charge < -0.3 is 5.32 Å². The quantitative estimate of drug-likeness (QED) is 0.872. The van der Waals surface area contributed by atoms with Gasteiger partial charge in [0.05, 0.1) is 0 Å². The van der Waals surface area contributed by atoms with Crippen molar-refractivity contribution in [1.29, 1.82) is 0 Å². The van der Waals surface area contributed by atoms with E-state index in [1.165, 1.54) is 12.8 Å². The van der Waals surface area contributed by atoms with Gasteiger partial charge in [-0.25, -0.2) is 9.97 Å². The molecule has 1 aliphatic rings. The molecule has 0 radical (unpaired) electrons. The van der Waals surface area contributed by atoms with Crippen LogP contribution in [0.4, 0.5) is 5.82 Å². The number of aromatic nitrogens is 4. The van der Waals surface area contributed by atoms with Gasteiger partial charge in [-0.3, -0.25) is 4.68 Å². The second-order valence-electron chi connectivity index (χ2n) is 4.37. The summed E-state index contributed by atoms with van der Waals surface area (Å²) in [5.41, 5.74) is 2.09. The zero-order valence-electron chi connectivity index (χ0n) is 10.0. The van der Waals surface area contributed by atoms with Gasteiger partial charge in [0.1, 0.15) is 11.5 Å². The van der Waals surface area contributed by atoms with E-state index in [4.69, 9.17) is 0 Å². The summed E-state index contributed by atoms with van der Waals surface area (Å²) < 4.78 is 1.80. The summed E-state index contributed by atoms with van der Waals surface area (Å²) in [5, 5.41) is 7.25. The zero-order valence-corrected chi connectivity index (χ0v) is 10.0. The van der Waals surface area contributed by atoms with E-state index >= 15 is 0 Å². The van der Waals surface area contributed by atoms with Crippen LogP contribution in [-0.4, -0.2) is 26.8 Å². The molecule has 1 N–H and O–H groups in total. The van der Waals surface area contributed by atoms with Crippen molar-refractivity contribution in [3.8, 4) is 11.5 Å². The van der Waals surface area contributed by atoms with E-state index in [1.807, 2.05) is 26.2 Å². The number of hydrogen-bond donors (Lipinski definition) is 1. The normalized spacial score (nSPS) is 14.9. The van der Waals surface area contributed by atoms with Gasteiger partial charge in [-0.2, -0.15) is 5.10 Å². The monoisotopic (exact) mass is 229 g/mol. The minimum atomic E-state index is 0.622. The summed E-state index contributed by atoms with van der Waals surface area (Å²) in [7, 11) is 3.79. The molecule has 1 fully saturated rings. The van der Waals surface area contributed by atoms with Crippen LogP contribution in [-0.2, 0) is 7.05 Å². The summed E-state index contributed by atoms with van der Waals surface area (Å²) in [6.07, 6.45) is 4.25. The maximum atomic E-state index is 4.63. The van der Waals surface area contributed by atoms with Gasteiger partial charge in [0, 0.05) is 38.0 Å². The Labute approximate surface area is 99.9 Å². The Morgan fingerprint density at radius 2 is 2.18 bits per heavy atom. The molecule has 5 heteroatoms. The lowest BCUT2D eigenvalue weighted by atomic mass is 10.2. The molecular formula is C12H15N5. The van der Waals surface area contributed by atoms with Crippen LogP contribution in [0.3, 0.4) is 0 Å². The second kappa shape index (κ2) is 3.84. The highest BCUT2D eigenvalue weighted by Crippen LogP contribution is 2.40. The zero-order chi connectivity index (χ0) is 11.8. The van der Waals surface area contributed by atoms with Crippen molar-refractivity contribution in [1.82, 2.24) is 19.7 Å². The Hall–Kier alpha value is -1.91. The highest BCUT2D eigenvalue weighted by molar-refractivity contribution is 5.53. The fraction of sp³-hybridized carbons (Fsp3) is 0.417. The van der Waals surface area contributed by atoms with E-state index < -0.39 is 0 Å². The molecule has 2 aromatic rings. The molecule has 0 aliphatic heterocycles. The Balaban J connectivity index is 2.09. The lowest BCUT2D eigenvalue weighted by molar-refractivity contribution is 0.768. The number of rotatable bonds is 3.